The highest BCUT2D eigenvalue weighted by Crippen LogP contribution is 2.21. The Kier molecular flexibility index (Phi) is 4.92. The number of nitrogens with zero attached hydrogens (tertiary/aromatic N) is 2. The number of hydrogen-bond acceptors (Lipinski definition) is 4. The Balaban J connectivity index is 2.13. The van der Waals surface area contributed by atoms with Crippen LogP contribution in [0.25, 0.3) is 0 Å². The molecule has 1 aromatic heterocycles. The third-order valence-electron chi connectivity index (χ3n) is 2.58. The molecule has 4 nitrogen and oxygen atoms in total. The van der Waals surface area contributed by atoms with Crippen LogP contribution in [0.5, 0.6) is 5.75 Å². The lowest BCUT2D eigenvalue weighted by Crippen LogP contribution is -2.05. The van der Waals surface area contributed by atoms with Crippen molar-refractivity contribution in [3.05, 3.63) is 53.4 Å². The molecular formula is C14H11F4N3O. The van der Waals surface area contributed by atoms with Gasteiger partial charge >= 0.3 is 0 Å². The largest absolute Gasteiger partial charge is 0.494 e. The molecule has 0 amide bonds. The van der Waals surface area contributed by atoms with Gasteiger partial charge in [-0.2, -0.15) is 27.6 Å². The Labute approximate surface area is 123 Å². The number of nitrogens with one attached hydrogen (secondary N) is 1. The maximum atomic E-state index is 13.3. The van der Waals surface area contributed by atoms with Crippen molar-refractivity contribution in [2.75, 3.05) is 12.0 Å². The van der Waals surface area contributed by atoms with Gasteiger partial charge in [-0.1, -0.05) is 0 Å². The molecule has 0 aliphatic carbocycles. The van der Waals surface area contributed by atoms with E-state index in [1.807, 2.05) is 12.3 Å². The second kappa shape index (κ2) is 6.88. The fraction of sp³-hybridized carbons (Fsp3) is 0.143. The number of halogens is 4. The average Bonchev–Trinajstić information content (AvgIpc) is 2.51. The van der Waals surface area contributed by atoms with Crippen molar-refractivity contribution in [1.29, 1.82) is 0 Å². The van der Waals surface area contributed by atoms with Gasteiger partial charge in [-0.15, -0.1) is 0 Å². The second-order valence-electron chi connectivity index (χ2n) is 4.07. The summed E-state index contributed by atoms with van der Waals surface area (Å²) in [5.74, 6) is -6.15. The van der Waals surface area contributed by atoms with E-state index >= 15 is 0 Å². The van der Waals surface area contributed by atoms with Gasteiger partial charge in [0.2, 0.25) is 11.6 Å². The molecule has 116 valence electrons. The van der Waals surface area contributed by atoms with Gasteiger partial charge in [-0.25, -0.2) is 0 Å². The van der Waals surface area contributed by atoms with Crippen LogP contribution in [0.3, 0.4) is 0 Å². The van der Waals surface area contributed by atoms with Crippen LogP contribution in [0, 0.1) is 23.5 Å². The first-order chi connectivity index (χ1) is 10.5. The van der Waals surface area contributed by atoms with Crippen molar-refractivity contribution < 1.29 is 22.3 Å². The molecule has 0 fully saturated rings. The summed E-state index contributed by atoms with van der Waals surface area (Å²) < 4.78 is 57.6. The molecule has 8 heteroatoms. The third kappa shape index (κ3) is 3.51. The van der Waals surface area contributed by atoms with Crippen LogP contribution < -0.4 is 10.2 Å². The highest BCUT2D eigenvalue weighted by molar-refractivity contribution is 5.80. The fourth-order valence-corrected chi connectivity index (χ4v) is 1.57. The quantitative estimate of drug-likeness (QED) is 0.398. The molecule has 1 aromatic carbocycles. The summed E-state index contributed by atoms with van der Waals surface area (Å²) in [6.45, 7) is 2.36. The molecule has 0 aliphatic heterocycles. The van der Waals surface area contributed by atoms with Crippen LogP contribution in [-0.2, 0) is 0 Å². The Hall–Kier alpha value is -2.64. The van der Waals surface area contributed by atoms with Gasteiger partial charge < -0.3 is 4.74 Å². The Morgan fingerprint density at radius 2 is 1.68 bits per heavy atom. The summed E-state index contributed by atoms with van der Waals surface area (Å²) in [5.41, 5.74) is 1.46. The monoisotopic (exact) mass is 313 g/mol. The van der Waals surface area contributed by atoms with Crippen molar-refractivity contribution in [1.82, 2.24) is 4.98 Å². The lowest BCUT2D eigenvalue weighted by atomic mass is 10.2. The maximum Gasteiger partial charge on any atom is 0.254 e. The van der Waals surface area contributed by atoms with Gasteiger partial charge in [0, 0.05) is 0 Å². The molecule has 0 bridgehead atoms. The molecule has 2 rings (SSSR count). The van der Waals surface area contributed by atoms with Crippen LogP contribution in [0.4, 0.5) is 23.2 Å². The molecule has 2 aromatic rings. The van der Waals surface area contributed by atoms with Crippen LogP contribution >= 0.6 is 0 Å². The van der Waals surface area contributed by atoms with E-state index in [1.54, 1.807) is 24.3 Å². The van der Waals surface area contributed by atoms with Crippen molar-refractivity contribution in [3.8, 4) is 5.75 Å². The molecule has 0 radical (unpaired) electrons. The predicted octanol–water partition coefficient (Wildman–Crippen LogP) is 3.48. The first kappa shape index (κ1) is 15.7. The molecule has 22 heavy (non-hydrogen) atoms. The van der Waals surface area contributed by atoms with E-state index in [4.69, 9.17) is 4.74 Å². The number of ether oxygens (including phenoxy) is 1. The molecule has 0 atom stereocenters. The molecule has 1 heterocycles. The van der Waals surface area contributed by atoms with Crippen LogP contribution in [-0.4, -0.2) is 17.8 Å². The lowest BCUT2D eigenvalue weighted by molar-refractivity contribution is 0.340. The summed E-state index contributed by atoms with van der Waals surface area (Å²) in [4.78, 5) is 2.44. The van der Waals surface area contributed by atoms with Gasteiger partial charge in [0.15, 0.2) is 0 Å². The van der Waals surface area contributed by atoms with Gasteiger partial charge in [-0.05, 0) is 36.8 Å². The fourth-order valence-electron chi connectivity index (χ4n) is 1.57. The third-order valence-corrected chi connectivity index (χ3v) is 2.58. The molecular weight excluding hydrogens is 302 g/mol. The molecule has 0 saturated carbocycles. The zero-order valence-corrected chi connectivity index (χ0v) is 11.4. The van der Waals surface area contributed by atoms with Gasteiger partial charge in [0.05, 0.1) is 12.8 Å². The smallest absolute Gasteiger partial charge is 0.254 e. The van der Waals surface area contributed by atoms with Crippen LogP contribution in [0.1, 0.15) is 12.5 Å². The minimum atomic E-state index is -1.75. The average molecular weight is 313 g/mol. The molecule has 0 spiro atoms. The molecule has 0 saturated heterocycles. The van der Waals surface area contributed by atoms with Crippen molar-refractivity contribution in [3.63, 3.8) is 0 Å². The summed E-state index contributed by atoms with van der Waals surface area (Å²) in [6.07, 6.45) is 1.23. The Bertz CT molecular complexity index is 663. The molecule has 0 aliphatic rings. The number of pyridine rings is 1. The van der Waals surface area contributed by atoms with E-state index in [0.29, 0.717) is 17.9 Å². The normalized spacial score (nSPS) is 11.0. The van der Waals surface area contributed by atoms with E-state index in [0.717, 1.165) is 0 Å². The minimum absolute atomic E-state index is 0.521. The first-order valence-electron chi connectivity index (χ1n) is 6.24. The number of benzene rings is 1. The van der Waals surface area contributed by atoms with E-state index in [1.165, 1.54) is 6.21 Å². The number of hydrazone groups is 1. The Morgan fingerprint density at radius 1 is 1.09 bits per heavy atom. The second-order valence-corrected chi connectivity index (χ2v) is 4.07. The minimum Gasteiger partial charge on any atom is -0.494 e. The number of rotatable bonds is 5. The topological polar surface area (TPSA) is 46.5 Å². The first-order valence-corrected chi connectivity index (χ1v) is 6.24. The molecule has 1 N–H and O–H groups in total. The summed E-state index contributed by atoms with van der Waals surface area (Å²) in [5, 5.41) is 3.53. The predicted molar refractivity (Wildman–Crippen MR) is 72.9 cm³/mol. The van der Waals surface area contributed by atoms with Crippen molar-refractivity contribution in [2.45, 2.75) is 6.92 Å². The van der Waals surface area contributed by atoms with Gasteiger partial charge in [0.1, 0.15) is 11.4 Å². The van der Waals surface area contributed by atoms with Crippen LogP contribution in [0.15, 0.2) is 29.4 Å². The number of anilines is 1. The summed E-state index contributed by atoms with van der Waals surface area (Å²) in [6, 6.07) is 6.66. The van der Waals surface area contributed by atoms with Crippen molar-refractivity contribution in [2.24, 2.45) is 5.10 Å². The highest BCUT2D eigenvalue weighted by atomic mass is 19.2. The van der Waals surface area contributed by atoms with Gasteiger partial charge in [0.25, 0.3) is 11.9 Å². The van der Waals surface area contributed by atoms with E-state index in [9.17, 15) is 17.6 Å². The Morgan fingerprint density at radius 3 is 2.23 bits per heavy atom. The zero-order chi connectivity index (χ0) is 16.1. The van der Waals surface area contributed by atoms with E-state index in [2.05, 4.69) is 10.1 Å². The molecule has 0 unspecified atom stereocenters. The summed E-state index contributed by atoms with van der Waals surface area (Å²) in [7, 11) is 0. The summed E-state index contributed by atoms with van der Waals surface area (Å²) >= 11 is 0. The van der Waals surface area contributed by atoms with E-state index in [-0.39, 0.29) is 0 Å². The number of aromatic nitrogens is 1. The standard InChI is InChI=1S/C14H11F4N3O/c1-2-22-9-5-3-8(4-6-9)7-19-21-12-10(15)13(17)20-14(18)11(12)16/h3-7H,2H2,1H3,(H,20,21)/b19-7+. The lowest BCUT2D eigenvalue weighted by Gasteiger charge is -2.05. The maximum absolute atomic E-state index is 13.3. The number of hydrogen-bond donors (Lipinski definition) is 1. The SMILES string of the molecule is CCOc1ccc(/C=N/Nc2c(F)c(F)nc(F)c2F)cc1. The van der Waals surface area contributed by atoms with Crippen molar-refractivity contribution >= 4 is 11.9 Å². The zero-order valence-electron chi connectivity index (χ0n) is 11.4. The van der Waals surface area contributed by atoms with Gasteiger partial charge in [-0.3, -0.25) is 5.43 Å². The highest BCUT2D eigenvalue weighted by Gasteiger charge is 2.20. The van der Waals surface area contributed by atoms with E-state index < -0.39 is 29.2 Å². The van der Waals surface area contributed by atoms with Crippen LogP contribution in [0.2, 0.25) is 0 Å².